The zero-order valence-electron chi connectivity index (χ0n) is 10.8. The lowest BCUT2D eigenvalue weighted by Gasteiger charge is -2.21. The zero-order valence-corrected chi connectivity index (χ0v) is 10.8. The molecule has 0 aromatic heterocycles. The highest BCUT2D eigenvalue weighted by Crippen LogP contribution is 2.48. The molecule has 0 heterocycles. The summed E-state index contributed by atoms with van der Waals surface area (Å²) in [6.45, 7) is 3.28. The maximum absolute atomic E-state index is 8.62. The van der Waals surface area contributed by atoms with Crippen LogP contribution in [0.15, 0.2) is 5.16 Å². The van der Waals surface area contributed by atoms with Gasteiger partial charge < -0.3 is 16.3 Å². The number of nitrogens with zero attached hydrogens (tertiary/aromatic N) is 1. The topological polar surface area (TPSA) is 70.6 Å². The van der Waals surface area contributed by atoms with Crippen molar-refractivity contribution in [2.45, 2.75) is 57.9 Å². The van der Waals surface area contributed by atoms with E-state index in [1.54, 1.807) is 0 Å². The molecule has 0 aliphatic heterocycles. The molecule has 2 rings (SSSR count). The van der Waals surface area contributed by atoms with Crippen LogP contribution in [0.5, 0.6) is 0 Å². The summed E-state index contributed by atoms with van der Waals surface area (Å²) < 4.78 is 0. The van der Waals surface area contributed by atoms with E-state index in [9.17, 15) is 0 Å². The minimum Gasteiger partial charge on any atom is -0.409 e. The molecule has 17 heavy (non-hydrogen) atoms. The standard InChI is InChI=1S/C13H25N3O/c1-2-11(7-10-3-4-10)15-9-13(5-6-13)8-12(14)16-17/h10-11,15,17H,2-9H2,1H3,(H2,14,16). The van der Waals surface area contributed by atoms with Crippen LogP contribution >= 0.6 is 0 Å². The van der Waals surface area contributed by atoms with E-state index < -0.39 is 0 Å². The molecule has 1 atom stereocenters. The summed E-state index contributed by atoms with van der Waals surface area (Å²) in [5.74, 6) is 1.35. The van der Waals surface area contributed by atoms with E-state index >= 15 is 0 Å². The van der Waals surface area contributed by atoms with Gasteiger partial charge in [0.2, 0.25) is 0 Å². The number of nitrogens with one attached hydrogen (secondary N) is 1. The molecular formula is C13H25N3O. The lowest BCUT2D eigenvalue weighted by atomic mass is 10.00. The predicted molar refractivity (Wildman–Crippen MR) is 69.1 cm³/mol. The van der Waals surface area contributed by atoms with Crippen molar-refractivity contribution < 1.29 is 5.21 Å². The highest BCUT2D eigenvalue weighted by molar-refractivity contribution is 5.80. The molecular weight excluding hydrogens is 214 g/mol. The van der Waals surface area contributed by atoms with Gasteiger partial charge in [-0.1, -0.05) is 24.9 Å². The fraction of sp³-hybridized carbons (Fsp3) is 0.923. The second-order valence-electron chi connectivity index (χ2n) is 5.93. The predicted octanol–water partition coefficient (Wildman–Crippen LogP) is 2.07. The van der Waals surface area contributed by atoms with Gasteiger partial charge in [-0.05, 0) is 37.0 Å². The van der Waals surface area contributed by atoms with E-state index in [1.807, 2.05) is 0 Å². The number of nitrogens with two attached hydrogens (primary N) is 1. The van der Waals surface area contributed by atoms with E-state index in [4.69, 9.17) is 10.9 Å². The largest absolute Gasteiger partial charge is 0.409 e. The Balaban J connectivity index is 1.72. The number of rotatable bonds is 8. The molecule has 0 saturated heterocycles. The quantitative estimate of drug-likeness (QED) is 0.263. The summed E-state index contributed by atoms with van der Waals surface area (Å²) >= 11 is 0. The molecule has 4 N–H and O–H groups in total. The molecule has 0 amide bonds. The van der Waals surface area contributed by atoms with E-state index in [1.165, 1.54) is 38.5 Å². The maximum Gasteiger partial charge on any atom is 0.139 e. The number of oxime groups is 1. The average molecular weight is 239 g/mol. The fourth-order valence-electron chi connectivity index (χ4n) is 2.52. The number of hydrogen-bond donors (Lipinski definition) is 3. The van der Waals surface area contributed by atoms with Gasteiger partial charge in [0.1, 0.15) is 5.84 Å². The van der Waals surface area contributed by atoms with E-state index in [0.717, 1.165) is 18.9 Å². The summed E-state index contributed by atoms with van der Waals surface area (Å²) in [5, 5.41) is 15.4. The van der Waals surface area contributed by atoms with Crippen molar-refractivity contribution in [2.24, 2.45) is 22.2 Å². The molecule has 0 aromatic carbocycles. The highest BCUT2D eigenvalue weighted by Gasteiger charge is 2.43. The van der Waals surface area contributed by atoms with Crippen molar-refractivity contribution in [1.82, 2.24) is 5.32 Å². The van der Waals surface area contributed by atoms with Gasteiger partial charge in [-0.2, -0.15) is 0 Å². The summed E-state index contributed by atoms with van der Waals surface area (Å²) in [5.41, 5.74) is 5.89. The Kier molecular flexibility index (Phi) is 3.92. The highest BCUT2D eigenvalue weighted by atomic mass is 16.4. The van der Waals surface area contributed by atoms with Crippen LogP contribution in [0.3, 0.4) is 0 Å². The van der Waals surface area contributed by atoms with Crippen LogP contribution in [0.1, 0.15) is 51.9 Å². The van der Waals surface area contributed by atoms with Crippen LogP contribution in [0.2, 0.25) is 0 Å². The van der Waals surface area contributed by atoms with Gasteiger partial charge in [0, 0.05) is 19.0 Å². The van der Waals surface area contributed by atoms with E-state index in [2.05, 4.69) is 17.4 Å². The summed E-state index contributed by atoms with van der Waals surface area (Å²) in [7, 11) is 0. The van der Waals surface area contributed by atoms with Crippen molar-refractivity contribution in [3.05, 3.63) is 0 Å². The first-order valence-electron chi connectivity index (χ1n) is 6.87. The van der Waals surface area contributed by atoms with Gasteiger partial charge in [-0.15, -0.1) is 0 Å². The van der Waals surface area contributed by atoms with Crippen LogP contribution in [0.4, 0.5) is 0 Å². The molecule has 0 radical (unpaired) electrons. The fourth-order valence-corrected chi connectivity index (χ4v) is 2.52. The summed E-state index contributed by atoms with van der Waals surface area (Å²) in [6.07, 6.45) is 8.52. The molecule has 2 aliphatic rings. The molecule has 0 bridgehead atoms. The smallest absolute Gasteiger partial charge is 0.139 e. The van der Waals surface area contributed by atoms with Crippen molar-refractivity contribution in [1.29, 1.82) is 0 Å². The van der Waals surface area contributed by atoms with Gasteiger partial charge in [0.15, 0.2) is 0 Å². The normalized spacial score (nSPS) is 24.6. The monoisotopic (exact) mass is 239 g/mol. The first-order chi connectivity index (χ1) is 8.17. The summed E-state index contributed by atoms with van der Waals surface area (Å²) in [4.78, 5) is 0. The molecule has 2 saturated carbocycles. The Labute approximate surface area is 104 Å². The second kappa shape index (κ2) is 5.25. The number of amidine groups is 1. The molecule has 1 unspecified atom stereocenters. The second-order valence-corrected chi connectivity index (χ2v) is 5.93. The van der Waals surface area contributed by atoms with Crippen molar-refractivity contribution in [3.63, 3.8) is 0 Å². The Bertz CT molecular complexity index is 282. The average Bonchev–Trinajstić information content (AvgIpc) is 3.21. The van der Waals surface area contributed by atoms with Crippen LogP contribution in [-0.4, -0.2) is 23.6 Å². The molecule has 98 valence electrons. The third-order valence-electron chi connectivity index (χ3n) is 4.21. The van der Waals surface area contributed by atoms with Crippen molar-refractivity contribution in [2.75, 3.05) is 6.54 Å². The van der Waals surface area contributed by atoms with E-state index in [0.29, 0.717) is 11.9 Å². The lowest BCUT2D eigenvalue weighted by molar-refractivity contribution is 0.313. The molecule has 4 heteroatoms. The van der Waals surface area contributed by atoms with Crippen molar-refractivity contribution in [3.8, 4) is 0 Å². The van der Waals surface area contributed by atoms with Crippen LogP contribution in [0, 0.1) is 11.3 Å². The minimum atomic E-state index is 0.285. The SMILES string of the molecule is CCC(CC1CC1)NCC1(CC(N)=NO)CC1. The van der Waals surface area contributed by atoms with Gasteiger partial charge in [0.25, 0.3) is 0 Å². The molecule has 4 nitrogen and oxygen atoms in total. The first kappa shape index (κ1) is 12.7. The Hall–Kier alpha value is -0.770. The third-order valence-corrected chi connectivity index (χ3v) is 4.21. The zero-order chi connectivity index (χ0) is 12.3. The van der Waals surface area contributed by atoms with Gasteiger partial charge >= 0.3 is 0 Å². The van der Waals surface area contributed by atoms with E-state index in [-0.39, 0.29) is 5.41 Å². The van der Waals surface area contributed by atoms with Crippen LogP contribution in [0.25, 0.3) is 0 Å². The Morgan fingerprint density at radius 1 is 1.53 bits per heavy atom. The Morgan fingerprint density at radius 3 is 2.71 bits per heavy atom. The van der Waals surface area contributed by atoms with Crippen LogP contribution in [-0.2, 0) is 0 Å². The molecule has 0 aromatic rings. The molecule has 2 fully saturated rings. The Morgan fingerprint density at radius 2 is 2.24 bits per heavy atom. The molecule has 0 spiro atoms. The maximum atomic E-state index is 8.62. The van der Waals surface area contributed by atoms with Gasteiger partial charge in [-0.25, -0.2) is 0 Å². The number of hydrogen-bond acceptors (Lipinski definition) is 3. The lowest BCUT2D eigenvalue weighted by Crippen LogP contribution is -2.35. The third kappa shape index (κ3) is 3.87. The van der Waals surface area contributed by atoms with Crippen molar-refractivity contribution >= 4 is 5.84 Å². The summed E-state index contributed by atoms with van der Waals surface area (Å²) in [6, 6.07) is 0.660. The first-order valence-corrected chi connectivity index (χ1v) is 6.87. The minimum absolute atomic E-state index is 0.285. The van der Waals surface area contributed by atoms with Gasteiger partial charge in [-0.3, -0.25) is 0 Å². The molecule has 2 aliphatic carbocycles. The van der Waals surface area contributed by atoms with Gasteiger partial charge in [0.05, 0.1) is 0 Å². The van der Waals surface area contributed by atoms with Crippen LogP contribution < -0.4 is 11.1 Å².